The number of carbonyl (C=O) groups excluding carboxylic acids is 2. The van der Waals surface area contributed by atoms with Gasteiger partial charge in [0, 0.05) is 31.7 Å². The summed E-state index contributed by atoms with van der Waals surface area (Å²) in [5.74, 6) is -0.127. The van der Waals surface area contributed by atoms with E-state index in [2.05, 4.69) is 39.8 Å². The number of ether oxygens (including phenoxy) is 1. The Balaban J connectivity index is 1.69. The van der Waals surface area contributed by atoms with Gasteiger partial charge in [-0.1, -0.05) is 42.0 Å². The molecule has 29 heavy (non-hydrogen) atoms. The zero-order valence-corrected chi connectivity index (χ0v) is 16.7. The number of primary amides is 1. The van der Waals surface area contributed by atoms with Crippen molar-refractivity contribution < 1.29 is 14.3 Å². The van der Waals surface area contributed by atoms with Crippen molar-refractivity contribution >= 4 is 11.9 Å². The number of carbonyl (C=O) groups is 2. The quantitative estimate of drug-likeness (QED) is 0.667. The highest BCUT2D eigenvalue weighted by Crippen LogP contribution is 2.17. The molecule has 3 amide bonds. The minimum atomic E-state index is -0.573. The van der Waals surface area contributed by atoms with Gasteiger partial charge in [-0.05, 0) is 30.2 Å². The lowest BCUT2D eigenvalue weighted by Gasteiger charge is -2.31. The molecule has 1 atom stereocenters. The molecule has 4 N–H and O–H groups in total. The molecule has 1 aliphatic heterocycles. The highest BCUT2D eigenvalue weighted by Gasteiger charge is 2.20. The van der Waals surface area contributed by atoms with E-state index in [1.54, 1.807) is 12.1 Å². The molecule has 7 nitrogen and oxygen atoms in total. The summed E-state index contributed by atoms with van der Waals surface area (Å²) in [4.78, 5) is 26.0. The maximum absolute atomic E-state index is 12.9. The van der Waals surface area contributed by atoms with Crippen LogP contribution in [0.3, 0.4) is 0 Å². The van der Waals surface area contributed by atoms with E-state index in [1.165, 1.54) is 5.56 Å². The molecule has 3 rings (SSSR count). The molecule has 1 saturated heterocycles. The molecule has 1 fully saturated rings. The Morgan fingerprint density at radius 2 is 1.72 bits per heavy atom. The van der Waals surface area contributed by atoms with Crippen LogP contribution in [0.25, 0.3) is 0 Å². The zero-order valence-electron chi connectivity index (χ0n) is 16.7. The molecule has 0 radical (unpaired) electrons. The van der Waals surface area contributed by atoms with E-state index < -0.39 is 6.03 Å². The molecule has 0 spiro atoms. The minimum absolute atomic E-state index is 0.114. The molecule has 1 aliphatic rings. The van der Waals surface area contributed by atoms with Crippen LogP contribution >= 0.6 is 0 Å². The molecule has 7 heteroatoms. The number of nitrogens with two attached hydrogens (primary N) is 1. The first-order valence-electron chi connectivity index (χ1n) is 9.81. The highest BCUT2D eigenvalue weighted by molar-refractivity contribution is 5.94. The minimum Gasteiger partial charge on any atom is -0.379 e. The van der Waals surface area contributed by atoms with Gasteiger partial charge in [0.05, 0.1) is 19.3 Å². The Morgan fingerprint density at radius 1 is 1.07 bits per heavy atom. The van der Waals surface area contributed by atoms with Crippen LogP contribution in [-0.2, 0) is 11.3 Å². The second kappa shape index (κ2) is 10.0. The summed E-state index contributed by atoms with van der Waals surface area (Å²) in [6.45, 7) is 6.28. The molecule has 154 valence electrons. The van der Waals surface area contributed by atoms with E-state index in [-0.39, 0.29) is 11.9 Å². The predicted molar refractivity (Wildman–Crippen MR) is 112 cm³/mol. The van der Waals surface area contributed by atoms with E-state index in [1.807, 2.05) is 19.1 Å². The maximum Gasteiger partial charge on any atom is 0.312 e. The number of morpholine rings is 1. The van der Waals surface area contributed by atoms with Gasteiger partial charge in [0.25, 0.3) is 5.91 Å². The van der Waals surface area contributed by atoms with Crippen molar-refractivity contribution in [2.75, 3.05) is 32.8 Å². The Kier molecular flexibility index (Phi) is 7.21. The Labute approximate surface area is 171 Å². The number of benzene rings is 2. The average Bonchev–Trinajstić information content (AvgIpc) is 2.73. The van der Waals surface area contributed by atoms with Crippen molar-refractivity contribution in [2.24, 2.45) is 5.73 Å². The van der Waals surface area contributed by atoms with E-state index in [9.17, 15) is 9.59 Å². The van der Waals surface area contributed by atoms with Gasteiger partial charge in [-0.2, -0.15) is 0 Å². The molecule has 2 aromatic rings. The van der Waals surface area contributed by atoms with Crippen molar-refractivity contribution in [1.29, 1.82) is 0 Å². The first kappa shape index (κ1) is 20.8. The first-order chi connectivity index (χ1) is 14.0. The summed E-state index contributed by atoms with van der Waals surface area (Å²) >= 11 is 0. The standard InChI is InChI=1S/C22H28N4O3/c1-16-2-6-18(7-3-16)20(15-26-10-12-29-13-11-26)25-21(27)19-8-4-17(5-9-19)14-24-22(23)28/h2-9,20H,10-15H2,1H3,(H,25,27)(H3,23,24,28). The van der Waals surface area contributed by atoms with Gasteiger partial charge >= 0.3 is 6.03 Å². The smallest absolute Gasteiger partial charge is 0.312 e. The first-order valence-corrected chi connectivity index (χ1v) is 9.81. The Morgan fingerprint density at radius 3 is 2.34 bits per heavy atom. The largest absolute Gasteiger partial charge is 0.379 e. The van der Waals surface area contributed by atoms with E-state index in [4.69, 9.17) is 10.5 Å². The van der Waals surface area contributed by atoms with Crippen molar-refractivity contribution in [3.8, 4) is 0 Å². The fraction of sp³-hybridized carbons (Fsp3) is 0.364. The van der Waals surface area contributed by atoms with Gasteiger partial charge in [-0.25, -0.2) is 4.79 Å². The molecule has 0 bridgehead atoms. The molecule has 2 aromatic carbocycles. The average molecular weight is 396 g/mol. The fourth-order valence-corrected chi connectivity index (χ4v) is 3.28. The topological polar surface area (TPSA) is 96.7 Å². The van der Waals surface area contributed by atoms with Gasteiger partial charge in [0.1, 0.15) is 0 Å². The van der Waals surface area contributed by atoms with Crippen LogP contribution < -0.4 is 16.4 Å². The summed E-state index contributed by atoms with van der Waals surface area (Å²) in [6, 6.07) is 14.7. The van der Waals surface area contributed by atoms with Crippen LogP contribution in [0, 0.1) is 6.92 Å². The van der Waals surface area contributed by atoms with Gasteiger partial charge in [-0.3, -0.25) is 9.69 Å². The third kappa shape index (κ3) is 6.30. The molecule has 1 heterocycles. The molecular weight excluding hydrogens is 368 g/mol. The SMILES string of the molecule is Cc1ccc(C(CN2CCOCC2)NC(=O)c2ccc(CNC(N)=O)cc2)cc1. The molecule has 1 unspecified atom stereocenters. The van der Waals surface area contributed by atoms with Crippen molar-refractivity contribution in [3.63, 3.8) is 0 Å². The number of urea groups is 1. The third-order valence-corrected chi connectivity index (χ3v) is 5.01. The Hall–Kier alpha value is -2.90. The second-order valence-electron chi connectivity index (χ2n) is 7.26. The lowest BCUT2D eigenvalue weighted by molar-refractivity contribution is 0.0332. The maximum atomic E-state index is 12.9. The number of hydrogen-bond donors (Lipinski definition) is 3. The molecule has 0 aromatic heterocycles. The summed E-state index contributed by atoms with van der Waals surface area (Å²) in [7, 11) is 0. The van der Waals surface area contributed by atoms with Gasteiger partial charge in [0.2, 0.25) is 0 Å². The second-order valence-corrected chi connectivity index (χ2v) is 7.26. The number of rotatable bonds is 7. The number of nitrogens with one attached hydrogen (secondary N) is 2. The fourth-order valence-electron chi connectivity index (χ4n) is 3.28. The number of nitrogens with zero attached hydrogens (tertiary/aromatic N) is 1. The predicted octanol–water partition coefficient (Wildman–Crippen LogP) is 1.97. The van der Waals surface area contributed by atoms with Crippen LogP contribution in [0.2, 0.25) is 0 Å². The summed E-state index contributed by atoms with van der Waals surface area (Å²) < 4.78 is 5.44. The van der Waals surface area contributed by atoms with Crippen molar-refractivity contribution in [3.05, 3.63) is 70.8 Å². The van der Waals surface area contributed by atoms with Crippen LogP contribution in [0.1, 0.15) is 33.1 Å². The van der Waals surface area contributed by atoms with Crippen molar-refractivity contribution in [2.45, 2.75) is 19.5 Å². The van der Waals surface area contributed by atoms with Crippen LogP contribution in [0.4, 0.5) is 4.79 Å². The summed E-state index contributed by atoms with van der Waals surface area (Å²) in [5, 5.41) is 5.71. The van der Waals surface area contributed by atoms with Gasteiger partial charge < -0.3 is 21.1 Å². The van der Waals surface area contributed by atoms with Gasteiger partial charge in [0.15, 0.2) is 0 Å². The van der Waals surface area contributed by atoms with Crippen LogP contribution in [0.15, 0.2) is 48.5 Å². The Bertz CT molecular complexity index is 815. The van der Waals surface area contributed by atoms with Crippen molar-refractivity contribution in [1.82, 2.24) is 15.5 Å². The van der Waals surface area contributed by atoms with Crippen LogP contribution in [0.5, 0.6) is 0 Å². The van der Waals surface area contributed by atoms with E-state index in [0.717, 1.165) is 44.0 Å². The lowest BCUT2D eigenvalue weighted by atomic mass is 10.0. The molecule has 0 saturated carbocycles. The molecule has 0 aliphatic carbocycles. The summed E-state index contributed by atoms with van der Waals surface area (Å²) in [6.07, 6.45) is 0. The highest BCUT2D eigenvalue weighted by atomic mass is 16.5. The zero-order chi connectivity index (χ0) is 20.6. The summed E-state index contributed by atoms with van der Waals surface area (Å²) in [5.41, 5.74) is 8.81. The van der Waals surface area contributed by atoms with Gasteiger partial charge in [-0.15, -0.1) is 0 Å². The number of aryl methyl sites for hydroxylation is 1. The third-order valence-electron chi connectivity index (χ3n) is 5.01. The normalized spacial score (nSPS) is 15.5. The lowest BCUT2D eigenvalue weighted by Crippen LogP contribution is -2.43. The number of amides is 3. The number of hydrogen-bond acceptors (Lipinski definition) is 4. The van der Waals surface area contributed by atoms with E-state index in [0.29, 0.717) is 12.1 Å². The van der Waals surface area contributed by atoms with Crippen LogP contribution in [-0.4, -0.2) is 49.7 Å². The van der Waals surface area contributed by atoms with E-state index >= 15 is 0 Å². The monoisotopic (exact) mass is 396 g/mol. The molecular formula is C22H28N4O3.